The van der Waals surface area contributed by atoms with Gasteiger partial charge in [0.1, 0.15) is 0 Å². The minimum Gasteiger partial charge on any atom is -0.481 e. The number of likely N-dealkylation sites (tertiary alicyclic amines) is 1. The summed E-state index contributed by atoms with van der Waals surface area (Å²) >= 11 is 0. The zero-order valence-corrected chi connectivity index (χ0v) is 10.6. The largest absolute Gasteiger partial charge is 0.481 e. The molecule has 98 valence electrons. The molecule has 0 aliphatic carbocycles. The summed E-state index contributed by atoms with van der Waals surface area (Å²) in [6, 6.07) is -0.0569. The van der Waals surface area contributed by atoms with Crippen LogP contribution >= 0.6 is 0 Å². The molecule has 1 rings (SSSR count). The van der Waals surface area contributed by atoms with Crippen LogP contribution in [0.3, 0.4) is 0 Å². The van der Waals surface area contributed by atoms with Gasteiger partial charge < -0.3 is 15.3 Å². The van der Waals surface area contributed by atoms with E-state index in [9.17, 15) is 9.59 Å². The van der Waals surface area contributed by atoms with Gasteiger partial charge in [-0.3, -0.25) is 4.79 Å². The quantitative estimate of drug-likeness (QED) is 0.768. The number of amides is 2. The van der Waals surface area contributed by atoms with Crippen molar-refractivity contribution in [2.45, 2.75) is 33.1 Å². The predicted molar refractivity (Wildman–Crippen MR) is 64.8 cm³/mol. The number of carbonyl (C=O) groups excluding carboxylic acids is 1. The van der Waals surface area contributed by atoms with Gasteiger partial charge in [0.2, 0.25) is 0 Å². The third-order valence-corrected chi connectivity index (χ3v) is 3.03. The minimum atomic E-state index is -0.780. The average molecular weight is 242 g/mol. The Hall–Kier alpha value is -1.26. The molecule has 1 aliphatic heterocycles. The molecule has 1 unspecified atom stereocenters. The van der Waals surface area contributed by atoms with Crippen LogP contribution in [0.2, 0.25) is 0 Å². The van der Waals surface area contributed by atoms with E-state index in [1.54, 1.807) is 4.90 Å². The second kappa shape index (κ2) is 6.47. The maximum Gasteiger partial charge on any atom is 0.317 e. The molecule has 1 fully saturated rings. The van der Waals surface area contributed by atoms with Gasteiger partial charge in [-0.1, -0.05) is 13.8 Å². The second-order valence-electron chi connectivity index (χ2n) is 5.11. The fraction of sp³-hybridized carbons (Fsp3) is 0.833. The molecule has 5 heteroatoms. The maximum atomic E-state index is 11.7. The molecule has 2 N–H and O–H groups in total. The third kappa shape index (κ3) is 5.06. The van der Waals surface area contributed by atoms with Crippen molar-refractivity contribution >= 4 is 12.0 Å². The van der Waals surface area contributed by atoms with Crippen molar-refractivity contribution in [1.82, 2.24) is 10.2 Å². The van der Waals surface area contributed by atoms with Crippen LogP contribution in [0, 0.1) is 11.8 Å². The van der Waals surface area contributed by atoms with Crippen molar-refractivity contribution in [3.05, 3.63) is 0 Å². The summed E-state index contributed by atoms with van der Waals surface area (Å²) in [5, 5.41) is 11.6. The van der Waals surface area contributed by atoms with Gasteiger partial charge in [0.25, 0.3) is 0 Å². The summed E-state index contributed by atoms with van der Waals surface area (Å²) in [6.45, 7) is 6.16. The Morgan fingerprint density at radius 3 is 2.76 bits per heavy atom. The van der Waals surface area contributed by atoms with Crippen LogP contribution in [0.4, 0.5) is 4.79 Å². The molecule has 0 radical (unpaired) electrons. The van der Waals surface area contributed by atoms with Crippen LogP contribution in [0.5, 0.6) is 0 Å². The summed E-state index contributed by atoms with van der Waals surface area (Å²) < 4.78 is 0. The van der Waals surface area contributed by atoms with Gasteiger partial charge in [-0.15, -0.1) is 0 Å². The lowest BCUT2D eigenvalue weighted by atomic mass is 10.1. The summed E-state index contributed by atoms with van der Waals surface area (Å²) in [7, 11) is 0. The Labute approximate surface area is 102 Å². The number of hydrogen-bond acceptors (Lipinski definition) is 2. The molecule has 1 atom stereocenters. The molecule has 1 heterocycles. The first kappa shape index (κ1) is 13.8. The molecule has 1 aliphatic rings. The number of urea groups is 1. The third-order valence-electron chi connectivity index (χ3n) is 3.03. The van der Waals surface area contributed by atoms with Crippen LogP contribution in [0.1, 0.15) is 33.1 Å². The molecule has 17 heavy (non-hydrogen) atoms. The average Bonchev–Trinajstić information content (AvgIpc) is 2.64. The van der Waals surface area contributed by atoms with E-state index in [4.69, 9.17) is 5.11 Å². The lowest BCUT2D eigenvalue weighted by molar-refractivity contribution is -0.138. The van der Waals surface area contributed by atoms with Crippen molar-refractivity contribution in [3.63, 3.8) is 0 Å². The Balaban J connectivity index is 2.23. The smallest absolute Gasteiger partial charge is 0.317 e. The van der Waals surface area contributed by atoms with Crippen LogP contribution < -0.4 is 5.32 Å². The van der Waals surface area contributed by atoms with Gasteiger partial charge in [0.05, 0.1) is 0 Å². The zero-order valence-electron chi connectivity index (χ0n) is 10.6. The lowest BCUT2D eigenvalue weighted by Gasteiger charge is -2.17. The lowest BCUT2D eigenvalue weighted by Crippen LogP contribution is -2.39. The number of nitrogens with zero attached hydrogens (tertiary/aromatic N) is 1. The van der Waals surface area contributed by atoms with Gasteiger partial charge >= 0.3 is 12.0 Å². The SMILES string of the molecule is CC(C)CCNC(=O)N1CCC(CC(=O)O)C1. The van der Waals surface area contributed by atoms with Gasteiger partial charge in [-0.2, -0.15) is 0 Å². The first-order valence-corrected chi connectivity index (χ1v) is 6.23. The Morgan fingerprint density at radius 2 is 2.18 bits per heavy atom. The van der Waals surface area contributed by atoms with Crippen molar-refractivity contribution < 1.29 is 14.7 Å². The molecule has 0 spiro atoms. The van der Waals surface area contributed by atoms with Gasteiger partial charge in [0.15, 0.2) is 0 Å². The Kier molecular flexibility index (Phi) is 5.25. The number of carboxylic acid groups (broad SMARTS) is 1. The van der Waals surface area contributed by atoms with E-state index in [2.05, 4.69) is 19.2 Å². The molecule has 0 aromatic rings. The topological polar surface area (TPSA) is 69.6 Å². The molecule has 0 saturated carbocycles. The van der Waals surface area contributed by atoms with Gasteiger partial charge in [-0.05, 0) is 24.7 Å². The Bertz CT molecular complexity index is 279. The summed E-state index contributed by atoms with van der Waals surface area (Å²) in [5.41, 5.74) is 0. The zero-order chi connectivity index (χ0) is 12.8. The fourth-order valence-electron chi connectivity index (χ4n) is 2.01. The van der Waals surface area contributed by atoms with Crippen molar-refractivity contribution in [2.24, 2.45) is 11.8 Å². The van der Waals surface area contributed by atoms with Crippen molar-refractivity contribution in [3.8, 4) is 0 Å². The highest BCUT2D eigenvalue weighted by Gasteiger charge is 2.27. The monoisotopic (exact) mass is 242 g/mol. The number of nitrogens with one attached hydrogen (secondary N) is 1. The normalized spacial score (nSPS) is 19.7. The highest BCUT2D eigenvalue weighted by atomic mass is 16.4. The molecule has 0 aromatic carbocycles. The molecule has 0 bridgehead atoms. The number of carbonyl (C=O) groups is 2. The number of rotatable bonds is 5. The molecule has 2 amide bonds. The summed E-state index contributed by atoms with van der Waals surface area (Å²) in [5.74, 6) is -0.0888. The minimum absolute atomic E-state index is 0.0569. The summed E-state index contributed by atoms with van der Waals surface area (Å²) in [6.07, 6.45) is 1.93. The van der Waals surface area contributed by atoms with Crippen molar-refractivity contribution in [2.75, 3.05) is 19.6 Å². The van der Waals surface area contributed by atoms with E-state index in [0.717, 1.165) is 12.8 Å². The molecule has 5 nitrogen and oxygen atoms in total. The number of carboxylic acids is 1. The van der Waals surface area contributed by atoms with E-state index < -0.39 is 5.97 Å². The second-order valence-corrected chi connectivity index (χ2v) is 5.11. The number of hydrogen-bond donors (Lipinski definition) is 2. The Morgan fingerprint density at radius 1 is 1.47 bits per heavy atom. The fourth-order valence-corrected chi connectivity index (χ4v) is 2.01. The van der Waals surface area contributed by atoms with E-state index >= 15 is 0 Å². The number of aliphatic carboxylic acids is 1. The van der Waals surface area contributed by atoms with Gasteiger partial charge in [0, 0.05) is 26.1 Å². The van der Waals surface area contributed by atoms with Crippen LogP contribution in [0.25, 0.3) is 0 Å². The highest BCUT2D eigenvalue weighted by Crippen LogP contribution is 2.19. The van der Waals surface area contributed by atoms with Crippen LogP contribution in [0.15, 0.2) is 0 Å². The van der Waals surface area contributed by atoms with Crippen LogP contribution in [-0.2, 0) is 4.79 Å². The highest BCUT2D eigenvalue weighted by molar-refractivity contribution is 5.74. The van der Waals surface area contributed by atoms with Crippen LogP contribution in [-0.4, -0.2) is 41.6 Å². The van der Waals surface area contributed by atoms with E-state index in [1.807, 2.05) is 0 Å². The predicted octanol–water partition coefficient (Wildman–Crippen LogP) is 1.54. The molecular weight excluding hydrogens is 220 g/mol. The standard InChI is InChI=1S/C12H22N2O3/c1-9(2)3-5-13-12(17)14-6-4-10(8-14)7-11(15)16/h9-10H,3-8H2,1-2H3,(H,13,17)(H,15,16). The van der Waals surface area contributed by atoms with E-state index in [1.165, 1.54) is 0 Å². The first-order valence-electron chi connectivity index (χ1n) is 6.23. The maximum absolute atomic E-state index is 11.7. The molecule has 0 aromatic heterocycles. The van der Waals surface area contributed by atoms with Crippen molar-refractivity contribution in [1.29, 1.82) is 0 Å². The first-order chi connectivity index (χ1) is 7.99. The van der Waals surface area contributed by atoms with E-state index in [0.29, 0.717) is 25.6 Å². The summed E-state index contributed by atoms with van der Waals surface area (Å²) in [4.78, 5) is 24.0. The van der Waals surface area contributed by atoms with E-state index in [-0.39, 0.29) is 18.4 Å². The molecular formula is C12H22N2O3. The van der Waals surface area contributed by atoms with Gasteiger partial charge in [-0.25, -0.2) is 4.79 Å². The molecule has 1 saturated heterocycles.